The molecule has 3 heteroatoms. The van der Waals surface area contributed by atoms with Gasteiger partial charge in [0, 0.05) is 11.1 Å². The number of halogens is 1. The molecule has 112 valence electrons. The van der Waals surface area contributed by atoms with Crippen LogP contribution < -0.4 is 5.32 Å². The molecule has 0 aromatic heterocycles. The molecule has 0 radical (unpaired) electrons. The average molecular weight is 304 g/mol. The lowest BCUT2D eigenvalue weighted by molar-refractivity contribution is 0.204. The molecule has 2 rings (SSSR count). The van der Waals surface area contributed by atoms with Crippen molar-refractivity contribution in [3.63, 3.8) is 0 Å². The first-order valence-corrected chi connectivity index (χ1v) is 7.67. The van der Waals surface area contributed by atoms with Gasteiger partial charge in [-0.3, -0.25) is 0 Å². The van der Waals surface area contributed by atoms with Crippen LogP contribution >= 0.6 is 11.6 Å². The number of hydrogen-bond acceptors (Lipinski definition) is 2. The summed E-state index contributed by atoms with van der Waals surface area (Å²) in [6.45, 7) is 4.34. The SMILES string of the molecule is CC(C)[C@@H](CO)N[C@@H](c1ccccc1)c1ccc(Cl)cc1. The molecule has 0 spiro atoms. The summed E-state index contributed by atoms with van der Waals surface area (Å²) in [7, 11) is 0. The predicted octanol–water partition coefficient (Wildman–Crippen LogP) is 4.04. The zero-order valence-corrected chi connectivity index (χ0v) is 13.2. The Kier molecular flexibility index (Phi) is 5.80. The molecule has 0 fully saturated rings. The maximum absolute atomic E-state index is 9.60. The zero-order chi connectivity index (χ0) is 15.2. The first-order chi connectivity index (χ1) is 10.1. The van der Waals surface area contributed by atoms with Crippen LogP contribution in [0.1, 0.15) is 31.0 Å². The van der Waals surface area contributed by atoms with Crippen molar-refractivity contribution in [2.24, 2.45) is 5.92 Å². The van der Waals surface area contributed by atoms with Gasteiger partial charge in [0.25, 0.3) is 0 Å². The summed E-state index contributed by atoms with van der Waals surface area (Å²) in [5, 5.41) is 13.9. The summed E-state index contributed by atoms with van der Waals surface area (Å²) >= 11 is 5.99. The third kappa shape index (κ3) is 4.31. The Bertz CT molecular complexity index is 539. The van der Waals surface area contributed by atoms with Gasteiger partial charge in [-0.15, -0.1) is 0 Å². The third-order valence-corrected chi connectivity index (χ3v) is 3.97. The highest BCUT2D eigenvalue weighted by molar-refractivity contribution is 6.30. The quantitative estimate of drug-likeness (QED) is 0.844. The van der Waals surface area contributed by atoms with Gasteiger partial charge in [-0.1, -0.05) is 67.9 Å². The topological polar surface area (TPSA) is 32.3 Å². The van der Waals surface area contributed by atoms with Crippen LogP contribution in [0.2, 0.25) is 5.02 Å². The summed E-state index contributed by atoms with van der Waals surface area (Å²) in [5.41, 5.74) is 2.32. The van der Waals surface area contributed by atoms with Gasteiger partial charge in [-0.25, -0.2) is 0 Å². The molecule has 0 unspecified atom stereocenters. The largest absolute Gasteiger partial charge is 0.395 e. The van der Waals surface area contributed by atoms with Crippen LogP contribution in [0.3, 0.4) is 0 Å². The van der Waals surface area contributed by atoms with E-state index in [9.17, 15) is 5.11 Å². The monoisotopic (exact) mass is 303 g/mol. The maximum Gasteiger partial charge on any atom is 0.0587 e. The van der Waals surface area contributed by atoms with Crippen LogP contribution in [-0.4, -0.2) is 17.8 Å². The molecule has 0 heterocycles. The molecular weight excluding hydrogens is 282 g/mol. The summed E-state index contributed by atoms with van der Waals surface area (Å²) in [6.07, 6.45) is 0. The molecule has 2 aromatic rings. The molecule has 0 saturated heterocycles. The summed E-state index contributed by atoms with van der Waals surface area (Å²) in [4.78, 5) is 0. The van der Waals surface area contributed by atoms with Crippen molar-refractivity contribution in [2.45, 2.75) is 25.9 Å². The number of nitrogens with one attached hydrogen (secondary N) is 1. The van der Waals surface area contributed by atoms with E-state index in [1.165, 1.54) is 5.56 Å². The minimum atomic E-state index is 0.0445. The van der Waals surface area contributed by atoms with Crippen LogP contribution in [0.15, 0.2) is 54.6 Å². The van der Waals surface area contributed by atoms with E-state index in [4.69, 9.17) is 11.6 Å². The Morgan fingerprint density at radius 2 is 1.52 bits per heavy atom. The van der Waals surface area contributed by atoms with Crippen molar-refractivity contribution in [1.29, 1.82) is 0 Å². The molecule has 2 nitrogen and oxygen atoms in total. The molecular formula is C18H22ClNO. The first kappa shape index (κ1) is 16.0. The smallest absolute Gasteiger partial charge is 0.0587 e. The van der Waals surface area contributed by atoms with Crippen molar-refractivity contribution < 1.29 is 5.11 Å². The second kappa shape index (κ2) is 7.60. The fraction of sp³-hybridized carbons (Fsp3) is 0.333. The van der Waals surface area contributed by atoms with Crippen LogP contribution in [0.5, 0.6) is 0 Å². The number of aliphatic hydroxyl groups is 1. The van der Waals surface area contributed by atoms with Gasteiger partial charge < -0.3 is 10.4 Å². The normalized spacial score (nSPS) is 14.1. The zero-order valence-electron chi connectivity index (χ0n) is 12.5. The van der Waals surface area contributed by atoms with Gasteiger partial charge in [-0.05, 0) is 29.2 Å². The minimum Gasteiger partial charge on any atom is -0.395 e. The van der Waals surface area contributed by atoms with Crippen molar-refractivity contribution in [2.75, 3.05) is 6.61 Å². The lowest BCUT2D eigenvalue weighted by Gasteiger charge is -2.28. The van der Waals surface area contributed by atoms with Gasteiger partial charge in [0.15, 0.2) is 0 Å². The van der Waals surface area contributed by atoms with E-state index in [1.54, 1.807) is 0 Å². The summed E-state index contributed by atoms with van der Waals surface area (Å²) in [5.74, 6) is 0.355. The van der Waals surface area contributed by atoms with Crippen LogP contribution in [0.25, 0.3) is 0 Å². The number of aliphatic hydroxyl groups excluding tert-OH is 1. The molecule has 0 amide bonds. The Morgan fingerprint density at radius 3 is 2.05 bits per heavy atom. The molecule has 2 N–H and O–H groups in total. The predicted molar refractivity (Wildman–Crippen MR) is 88.6 cm³/mol. The van der Waals surface area contributed by atoms with Crippen molar-refractivity contribution >= 4 is 11.6 Å². The Balaban J connectivity index is 2.33. The Hall–Kier alpha value is -1.35. The molecule has 0 aliphatic heterocycles. The van der Waals surface area contributed by atoms with Gasteiger partial charge in [0.05, 0.1) is 12.6 Å². The highest BCUT2D eigenvalue weighted by Crippen LogP contribution is 2.25. The van der Waals surface area contributed by atoms with E-state index in [0.29, 0.717) is 5.92 Å². The molecule has 0 saturated carbocycles. The van der Waals surface area contributed by atoms with Crippen molar-refractivity contribution in [1.82, 2.24) is 5.32 Å². The molecule has 21 heavy (non-hydrogen) atoms. The molecule has 0 aliphatic rings. The van der Waals surface area contributed by atoms with Gasteiger partial charge in [0.2, 0.25) is 0 Å². The second-order valence-corrected chi connectivity index (χ2v) is 6.03. The standard InChI is InChI=1S/C18H22ClNO/c1-13(2)17(12-21)20-18(14-6-4-3-5-7-14)15-8-10-16(19)11-9-15/h3-11,13,17-18,20-21H,12H2,1-2H3/t17-,18+/m1/s1. The second-order valence-electron chi connectivity index (χ2n) is 5.59. The molecule has 0 aliphatic carbocycles. The van der Waals surface area contributed by atoms with E-state index in [0.717, 1.165) is 10.6 Å². The minimum absolute atomic E-state index is 0.0445. The summed E-state index contributed by atoms with van der Waals surface area (Å²) in [6, 6.07) is 18.2. The molecule has 2 atom stereocenters. The Labute approximate surface area is 131 Å². The fourth-order valence-corrected chi connectivity index (χ4v) is 2.48. The average Bonchev–Trinajstić information content (AvgIpc) is 2.50. The lowest BCUT2D eigenvalue weighted by Crippen LogP contribution is -2.40. The van der Waals surface area contributed by atoms with Crippen molar-refractivity contribution in [3.05, 3.63) is 70.7 Å². The number of benzene rings is 2. The Morgan fingerprint density at radius 1 is 0.952 bits per heavy atom. The van der Waals surface area contributed by atoms with Crippen LogP contribution in [0, 0.1) is 5.92 Å². The lowest BCUT2D eigenvalue weighted by atomic mass is 9.95. The number of hydrogen-bond donors (Lipinski definition) is 2. The van der Waals surface area contributed by atoms with Crippen molar-refractivity contribution in [3.8, 4) is 0 Å². The van der Waals surface area contributed by atoms with E-state index in [2.05, 4.69) is 31.3 Å². The highest BCUT2D eigenvalue weighted by Gasteiger charge is 2.20. The van der Waals surface area contributed by atoms with Gasteiger partial charge >= 0.3 is 0 Å². The first-order valence-electron chi connectivity index (χ1n) is 7.29. The fourth-order valence-electron chi connectivity index (χ4n) is 2.36. The number of rotatable bonds is 6. The highest BCUT2D eigenvalue weighted by atomic mass is 35.5. The van der Waals surface area contributed by atoms with Crippen LogP contribution in [-0.2, 0) is 0 Å². The van der Waals surface area contributed by atoms with E-state index >= 15 is 0 Å². The van der Waals surface area contributed by atoms with Gasteiger partial charge in [-0.2, -0.15) is 0 Å². The van der Waals surface area contributed by atoms with E-state index in [1.807, 2.05) is 42.5 Å². The van der Waals surface area contributed by atoms with Crippen LogP contribution in [0.4, 0.5) is 0 Å². The van der Waals surface area contributed by atoms with E-state index < -0.39 is 0 Å². The third-order valence-electron chi connectivity index (χ3n) is 3.72. The van der Waals surface area contributed by atoms with E-state index in [-0.39, 0.29) is 18.7 Å². The molecule has 2 aromatic carbocycles. The molecule has 0 bridgehead atoms. The summed E-state index contributed by atoms with van der Waals surface area (Å²) < 4.78 is 0. The van der Waals surface area contributed by atoms with Gasteiger partial charge in [0.1, 0.15) is 0 Å². The maximum atomic E-state index is 9.60.